The number of amides is 1. The summed E-state index contributed by atoms with van der Waals surface area (Å²) in [5.41, 5.74) is 7.01. The molecule has 1 N–H and O–H groups in total. The van der Waals surface area contributed by atoms with E-state index in [0.29, 0.717) is 13.0 Å². The maximum absolute atomic E-state index is 10.8. The van der Waals surface area contributed by atoms with Crippen LogP contribution in [0.25, 0.3) is 5.73 Å². The van der Waals surface area contributed by atoms with Crippen molar-refractivity contribution >= 4 is 5.91 Å². The van der Waals surface area contributed by atoms with Gasteiger partial charge in [0.15, 0.2) is 0 Å². The van der Waals surface area contributed by atoms with E-state index in [4.69, 9.17) is 10.5 Å². The summed E-state index contributed by atoms with van der Waals surface area (Å²) in [5.74, 6) is 0.168. The van der Waals surface area contributed by atoms with Crippen LogP contribution in [-0.4, -0.2) is 36.2 Å². The Morgan fingerprint density at radius 1 is 1.73 bits per heavy atom. The van der Waals surface area contributed by atoms with E-state index in [9.17, 15) is 4.79 Å². The summed E-state index contributed by atoms with van der Waals surface area (Å²) >= 11 is 0. The molecule has 0 aromatic carbocycles. The fraction of sp³-hybridized carbons (Fsp3) is 0.833. The topological polar surface area (TPSA) is 53.3 Å². The standard InChI is InChI=1S/C6H9N2O2.Na/c7-2-4-3-8-5(9)1-6(8)10-4;/h4,6-7H,1-3H2;/q-1;+1. The van der Waals surface area contributed by atoms with Crippen molar-refractivity contribution in [3.63, 3.8) is 0 Å². The van der Waals surface area contributed by atoms with Gasteiger partial charge in [-0.3, -0.25) is 4.79 Å². The summed E-state index contributed by atoms with van der Waals surface area (Å²) < 4.78 is 5.30. The Kier molecular flexibility index (Phi) is 2.94. The molecule has 56 valence electrons. The van der Waals surface area contributed by atoms with Crippen LogP contribution < -0.4 is 29.6 Å². The van der Waals surface area contributed by atoms with Gasteiger partial charge in [0.25, 0.3) is 0 Å². The Balaban J connectivity index is 0.000000605. The van der Waals surface area contributed by atoms with Gasteiger partial charge in [0.05, 0.1) is 12.5 Å². The number of ether oxygens (including phenoxy) is 1. The molecule has 0 aromatic rings. The zero-order chi connectivity index (χ0) is 7.14. The van der Waals surface area contributed by atoms with Gasteiger partial charge < -0.3 is 15.4 Å². The van der Waals surface area contributed by atoms with E-state index < -0.39 is 0 Å². The fourth-order valence-electron chi connectivity index (χ4n) is 1.36. The van der Waals surface area contributed by atoms with Gasteiger partial charge in [-0.25, -0.2) is 0 Å². The first kappa shape index (κ1) is 9.48. The van der Waals surface area contributed by atoms with E-state index >= 15 is 0 Å². The Hall–Kier alpha value is 0.390. The predicted molar refractivity (Wildman–Crippen MR) is 34.2 cm³/mol. The van der Waals surface area contributed by atoms with Crippen LogP contribution in [0.1, 0.15) is 6.42 Å². The second-order valence-electron chi connectivity index (χ2n) is 2.67. The van der Waals surface area contributed by atoms with Gasteiger partial charge >= 0.3 is 29.6 Å². The number of nitrogens with one attached hydrogen (secondary N) is 1. The molecule has 2 aliphatic rings. The largest absolute Gasteiger partial charge is 1.00 e. The van der Waals surface area contributed by atoms with Crippen molar-refractivity contribution in [3.8, 4) is 0 Å². The van der Waals surface area contributed by atoms with Crippen LogP contribution in [0.15, 0.2) is 0 Å². The van der Waals surface area contributed by atoms with E-state index in [1.807, 2.05) is 0 Å². The van der Waals surface area contributed by atoms with Crippen molar-refractivity contribution in [2.75, 3.05) is 13.1 Å². The summed E-state index contributed by atoms with van der Waals surface area (Å²) in [6.45, 7) is 0.896. The minimum absolute atomic E-state index is 0. The Labute approximate surface area is 87.3 Å². The van der Waals surface area contributed by atoms with Crippen LogP contribution in [0.4, 0.5) is 0 Å². The van der Waals surface area contributed by atoms with Gasteiger partial charge in [-0.15, -0.1) is 6.54 Å². The summed E-state index contributed by atoms with van der Waals surface area (Å²) in [6.07, 6.45) is 0.510. The first-order valence-electron chi connectivity index (χ1n) is 3.41. The van der Waals surface area contributed by atoms with Crippen molar-refractivity contribution < 1.29 is 39.1 Å². The van der Waals surface area contributed by atoms with Gasteiger partial charge in [-0.05, 0) is 0 Å². The molecule has 2 saturated heterocycles. The third kappa shape index (κ3) is 1.46. The first-order valence-corrected chi connectivity index (χ1v) is 3.41. The quantitative estimate of drug-likeness (QED) is 0.306. The monoisotopic (exact) mass is 164 g/mol. The van der Waals surface area contributed by atoms with Gasteiger partial charge in [-0.1, -0.05) is 0 Å². The van der Waals surface area contributed by atoms with E-state index in [1.54, 1.807) is 4.90 Å². The summed E-state index contributed by atoms with van der Waals surface area (Å²) in [4.78, 5) is 12.5. The van der Waals surface area contributed by atoms with Crippen molar-refractivity contribution in [1.29, 1.82) is 0 Å². The number of β-lactam (4-membered cyclic amide) rings is 1. The van der Waals surface area contributed by atoms with Crippen molar-refractivity contribution in [2.24, 2.45) is 0 Å². The molecule has 1 amide bonds. The molecule has 0 aliphatic carbocycles. The van der Waals surface area contributed by atoms with E-state index in [1.165, 1.54) is 0 Å². The molecule has 0 aromatic heterocycles. The third-order valence-corrected chi connectivity index (χ3v) is 1.99. The maximum Gasteiger partial charge on any atom is 1.00 e. The summed E-state index contributed by atoms with van der Waals surface area (Å²) in [6, 6.07) is 0. The average Bonchev–Trinajstić information content (AvgIpc) is 2.26. The molecular weight excluding hydrogens is 155 g/mol. The third-order valence-electron chi connectivity index (χ3n) is 1.99. The van der Waals surface area contributed by atoms with Crippen LogP contribution in [0.5, 0.6) is 0 Å². The van der Waals surface area contributed by atoms with Gasteiger partial charge in [-0.2, -0.15) is 0 Å². The minimum atomic E-state index is -0.0311. The fourth-order valence-corrected chi connectivity index (χ4v) is 1.36. The molecular formula is C6H9N2NaO2. The maximum atomic E-state index is 10.8. The van der Waals surface area contributed by atoms with E-state index in [0.717, 1.165) is 0 Å². The Bertz CT molecular complexity index is 176. The normalized spacial score (nSPS) is 34.3. The zero-order valence-corrected chi connectivity index (χ0v) is 8.54. The molecule has 2 unspecified atom stereocenters. The molecule has 11 heavy (non-hydrogen) atoms. The second kappa shape index (κ2) is 3.41. The number of hydrogen-bond acceptors (Lipinski definition) is 2. The Morgan fingerprint density at radius 2 is 2.45 bits per heavy atom. The number of nitrogens with zero attached hydrogens (tertiary/aromatic N) is 1. The van der Waals surface area contributed by atoms with Crippen molar-refractivity contribution in [2.45, 2.75) is 18.8 Å². The molecule has 0 radical (unpaired) electrons. The molecule has 0 saturated carbocycles. The molecule has 2 aliphatic heterocycles. The van der Waals surface area contributed by atoms with Crippen LogP contribution in [0, 0.1) is 0 Å². The number of rotatable bonds is 1. The summed E-state index contributed by atoms with van der Waals surface area (Å²) in [7, 11) is 0. The average molecular weight is 164 g/mol. The van der Waals surface area contributed by atoms with Crippen LogP contribution in [0.3, 0.4) is 0 Å². The molecule has 2 heterocycles. The molecule has 2 rings (SSSR count). The smallest absolute Gasteiger partial charge is 0.675 e. The van der Waals surface area contributed by atoms with Gasteiger partial charge in [0.2, 0.25) is 5.91 Å². The van der Waals surface area contributed by atoms with Crippen molar-refractivity contribution in [1.82, 2.24) is 4.90 Å². The van der Waals surface area contributed by atoms with E-state index in [2.05, 4.69) is 0 Å². The second-order valence-corrected chi connectivity index (χ2v) is 2.67. The molecule has 2 fully saturated rings. The SMILES string of the molecule is [NH-]CC1CN2C(=O)CC2O1.[Na+]. The number of fused-ring (bicyclic) bond motifs is 1. The van der Waals surface area contributed by atoms with Crippen molar-refractivity contribution in [3.05, 3.63) is 5.73 Å². The number of carbonyl (C=O) groups excluding carboxylic acids is 1. The predicted octanol–water partition coefficient (Wildman–Crippen LogP) is -3.00. The summed E-state index contributed by atoms with van der Waals surface area (Å²) in [5, 5.41) is 0. The minimum Gasteiger partial charge on any atom is -0.675 e. The van der Waals surface area contributed by atoms with E-state index in [-0.39, 0.29) is 54.3 Å². The van der Waals surface area contributed by atoms with Crippen LogP contribution >= 0.6 is 0 Å². The van der Waals surface area contributed by atoms with Crippen LogP contribution in [0.2, 0.25) is 0 Å². The van der Waals surface area contributed by atoms with Gasteiger partial charge in [0.1, 0.15) is 6.23 Å². The molecule has 0 spiro atoms. The number of hydrogen-bond donors (Lipinski definition) is 0. The molecule has 0 bridgehead atoms. The van der Waals surface area contributed by atoms with Crippen LogP contribution in [-0.2, 0) is 9.53 Å². The molecule has 4 nitrogen and oxygen atoms in total. The first-order chi connectivity index (χ1) is 4.81. The number of carbonyl (C=O) groups is 1. The Morgan fingerprint density at radius 3 is 2.91 bits per heavy atom. The molecule has 5 heteroatoms. The van der Waals surface area contributed by atoms with Gasteiger partial charge in [0, 0.05) is 6.54 Å². The zero-order valence-electron chi connectivity index (χ0n) is 6.54. The molecule has 2 atom stereocenters.